The van der Waals surface area contributed by atoms with Crippen LogP contribution in [-0.2, 0) is 0 Å². The summed E-state index contributed by atoms with van der Waals surface area (Å²) in [5.74, 6) is -1.97. The summed E-state index contributed by atoms with van der Waals surface area (Å²) in [6.45, 7) is 3.75. The van der Waals surface area contributed by atoms with Crippen LogP contribution in [0.5, 0.6) is 0 Å². The number of nitrogens with zero attached hydrogens (tertiary/aromatic N) is 2. The lowest BCUT2D eigenvalue weighted by atomic mass is 10.0. The second-order valence-electron chi connectivity index (χ2n) is 4.13. The summed E-state index contributed by atoms with van der Waals surface area (Å²) in [6, 6.07) is 2.75. The molecule has 0 saturated carbocycles. The van der Waals surface area contributed by atoms with Crippen molar-refractivity contribution in [3.05, 3.63) is 46.0 Å². The van der Waals surface area contributed by atoms with E-state index in [4.69, 9.17) is 0 Å². The van der Waals surface area contributed by atoms with Crippen LogP contribution in [0.3, 0.4) is 0 Å². The first kappa shape index (κ1) is 12.8. The Morgan fingerprint density at radius 2 is 1.83 bits per heavy atom. The van der Waals surface area contributed by atoms with E-state index < -0.39 is 17.4 Å². The number of hydrogen-bond donors (Lipinski definition) is 0. The molecule has 0 aliphatic rings. The zero-order valence-electron chi connectivity index (χ0n) is 9.78. The number of hydrogen-bond acceptors (Lipinski definition) is 4. The standard InChI is InChI=1S/C12H10F2N2OS/c1-6(2)10-12(18-16-15-10)11(17)7-3-8(13)5-9(14)4-7/h3-6H,1-2H3. The average Bonchev–Trinajstić information content (AvgIpc) is 2.75. The maximum Gasteiger partial charge on any atom is 0.206 e. The molecule has 0 N–H and O–H groups in total. The van der Waals surface area contributed by atoms with Crippen molar-refractivity contribution in [3.63, 3.8) is 0 Å². The molecule has 2 rings (SSSR count). The molecule has 0 saturated heterocycles. The lowest BCUT2D eigenvalue weighted by Gasteiger charge is -2.03. The van der Waals surface area contributed by atoms with Gasteiger partial charge in [0.15, 0.2) is 0 Å². The van der Waals surface area contributed by atoms with Gasteiger partial charge in [0, 0.05) is 11.6 Å². The highest BCUT2D eigenvalue weighted by Gasteiger charge is 2.21. The van der Waals surface area contributed by atoms with Crippen LogP contribution in [0.15, 0.2) is 18.2 Å². The highest BCUT2D eigenvalue weighted by atomic mass is 32.1. The second kappa shape index (κ2) is 4.89. The van der Waals surface area contributed by atoms with Crippen molar-refractivity contribution in [2.24, 2.45) is 0 Å². The van der Waals surface area contributed by atoms with Crippen LogP contribution in [0, 0.1) is 11.6 Å². The predicted octanol–water partition coefficient (Wildman–Crippen LogP) is 3.17. The molecule has 0 unspecified atom stereocenters. The number of ketones is 1. The summed E-state index contributed by atoms with van der Waals surface area (Å²) in [4.78, 5) is 12.5. The van der Waals surface area contributed by atoms with Crippen molar-refractivity contribution in [2.45, 2.75) is 19.8 Å². The number of rotatable bonds is 3. The Morgan fingerprint density at radius 1 is 1.22 bits per heavy atom. The van der Waals surface area contributed by atoms with Crippen molar-refractivity contribution >= 4 is 17.3 Å². The second-order valence-corrected chi connectivity index (χ2v) is 4.88. The van der Waals surface area contributed by atoms with Gasteiger partial charge in [-0.25, -0.2) is 8.78 Å². The van der Waals surface area contributed by atoms with Gasteiger partial charge in [-0.1, -0.05) is 18.3 Å². The lowest BCUT2D eigenvalue weighted by molar-refractivity contribution is 0.104. The molecule has 6 heteroatoms. The Labute approximate surface area is 107 Å². The van der Waals surface area contributed by atoms with E-state index in [1.54, 1.807) is 0 Å². The van der Waals surface area contributed by atoms with Gasteiger partial charge >= 0.3 is 0 Å². The SMILES string of the molecule is CC(C)c1nnsc1C(=O)c1cc(F)cc(F)c1. The van der Waals surface area contributed by atoms with Gasteiger partial charge in [-0.2, -0.15) is 0 Å². The zero-order chi connectivity index (χ0) is 13.3. The molecule has 0 amide bonds. The molecule has 18 heavy (non-hydrogen) atoms. The van der Waals surface area contributed by atoms with Crippen LogP contribution in [-0.4, -0.2) is 15.4 Å². The highest BCUT2D eigenvalue weighted by Crippen LogP contribution is 2.23. The van der Waals surface area contributed by atoms with Crippen molar-refractivity contribution in [1.29, 1.82) is 0 Å². The van der Waals surface area contributed by atoms with Crippen LogP contribution < -0.4 is 0 Å². The monoisotopic (exact) mass is 268 g/mol. The molecule has 94 valence electrons. The summed E-state index contributed by atoms with van der Waals surface area (Å²) >= 11 is 0.937. The van der Waals surface area contributed by atoms with Gasteiger partial charge < -0.3 is 0 Å². The van der Waals surface area contributed by atoms with Crippen LogP contribution in [0.2, 0.25) is 0 Å². The first-order valence-corrected chi connectivity index (χ1v) is 6.09. The molecular formula is C12H10F2N2OS. The van der Waals surface area contributed by atoms with Crippen molar-refractivity contribution in [1.82, 2.24) is 9.59 Å². The number of halogens is 2. The molecule has 0 radical (unpaired) electrons. The summed E-state index contributed by atoms with van der Waals surface area (Å²) in [7, 11) is 0. The molecule has 0 fully saturated rings. The van der Waals surface area contributed by atoms with E-state index in [9.17, 15) is 13.6 Å². The lowest BCUT2D eigenvalue weighted by Crippen LogP contribution is -2.05. The zero-order valence-corrected chi connectivity index (χ0v) is 10.6. The normalized spacial score (nSPS) is 10.9. The van der Waals surface area contributed by atoms with E-state index in [1.165, 1.54) is 0 Å². The van der Waals surface area contributed by atoms with Crippen LogP contribution in [0.25, 0.3) is 0 Å². The first-order chi connectivity index (χ1) is 8.49. The van der Waals surface area contributed by atoms with E-state index in [1.807, 2.05) is 13.8 Å². The summed E-state index contributed by atoms with van der Waals surface area (Å²) in [6.07, 6.45) is 0. The van der Waals surface area contributed by atoms with E-state index in [0.29, 0.717) is 10.6 Å². The molecule has 0 spiro atoms. The highest BCUT2D eigenvalue weighted by molar-refractivity contribution is 7.08. The Kier molecular flexibility index (Phi) is 3.47. The van der Waals surface area contributed by atoms with Crippen LogP contribution >= 0.6 is 11.5 Å². The maximum atomic E-state index is 13.1. The van der Waals surface area contributed by atoms with Gasteiger partial charge in [-0.05, 0) is 29.6 Å². The van der Waals surface area contributed by atoms with Gasteiger partial charge in [-0.3, -0.25) is 4.79 Å². The third-order valence-electron chi connectivity index (χ3n) is 2.39. The molecule has 0 aliphatic heterocycles. The minimum Gasteiger partial charge on any atom is -0.288 e. The van der Waals surface area contributed by atoms with E-state index in [-0.39, 0.29) is 11.5 Å². The maximum absolute atomic E-state index is 13.1. The molecule has 1 aromatic carbocycles. The van der Waals surface area contributed by atoms with Crippen LogP contribution in [0.4, 0.5) is 8.78 Å². The van der Waals surface area contributed by atoms with Crippen LogP contribution in [0.1, 0.15) is 40.7 Å². The summed E-state index contributed by atoms with van der Waals surface area (Å²) in [5.41, 5.74) is 0.523. The Balaban J connectivity index is 2.45. The predicted molar refractivity (Wildman–Crippen MR) is 63.8 cm³/mol. The molecule has 1 heterocycles. The molecule has 0 bridgehead atoms. The topological polar surface area (TPSA) is 42.9 Å². The minimum atomic E-state index is -0.776. The minimum absolute atomic E-state index is 0.0274. The molecule has 0 aliphatic carbocycles. The molecule has 1 aromatic heterocycles. The van der Waals surface area contributed by atoms with Gasteiger partial charge in [0.2, 0.25) is 5.78 Å². The number of aromatic nitrogens is 2. The third kappa shape index (κ3) is 2.43. The van der Waals surface area contributed by atoms with Gasteiger partial charge in [0.1, 0.15) is 16.5 Å². The largest absolute Gasteiger partial charge is 0.288 e. The Morgan fingerprint density at radius 3 is 2.39 bits per heavy atom. The quantitative estimate of drug-likeness (QED) is 0.803. The fourth-order valence-corrected chi connectivity index (χ4v) is 2.33. The van der Waals surface area contributed by atoms with Gasteiger partial charge in [0.05, 0.1) is 5.69 Å². The Hall–Kier alpha value is -1.69. The molecule has 2 aromatic rings. The number of carbonyl (C=O) groups excluding carboxylic acids is 1. The fraction of sp³-hybridized carbons (Fsp3) is 0.250. The Bertz CT molecular complexity index is 575. The van der Waals surface area contributed by atoms with Gasteiger partial charge in [-0.15, -0.1) is 5.10 Å². The summed E-state index contributed by atoms with van der Waals surface area (Å²) < 4.78 is 29.9. The van der Waals surface area contributed by atoms with Crippen molar-refractivity contribution in [3.8, 4) is 0 Å². The van der Waals surface area contributed by atoms with E-state index in [0.717, 1.165) is 29.7 Å². The van der Waals surface area contributed by atoms with Crippen molar-refractivity contribution in [2.75, 3.05) is 0 Å². The fourth-order valence-electron chi connectivity index (χ4n) is 1.55. The summed E-state index contributed by atoms with van der Waals surface area (Å²) in [5, 5.41) is 3.87. The average molecular weight is 268 g/mol. The third-order valence-corrected chi connectivity index (χ3v) is 3.13. The molecular weight excluding hydrogens is 258 g/mol. The van der Waals surface area contributed by atoms with E-state index in [2.05, 4.69) is 9.59 Å². The number of benzene rings is 1. The van der Waals surface area contributed by atoms with E-state index >= 15 is 0 Å². The molecule has 0 atom stereocenters. The molecule has 3 nitrogen and oxygen atoms in total. The van der Waals surface area contributed by atoms with Gasteiger partial charge in [0.25, 0.3) is 0 Å². The smallest absolute Gasteiger partial charge is 0.206 e. The van der Waals surface area contributed by atoms with Crippen molar-refractivity contribution < 1.29 is 13.6 Å². The number of carbonyl (C=O) groups is 1. The first-order valence-electron chi connectivity index (χ1n) is 5.32.